The van der Waals surface area contributed by atoms with Gasteiger partial charge in [-0.3, -0.25) is 14.4 Å². The summed E-state index contributed by atoms with van der Waals surface area (Å²) >= 11 is 0. The molecular formula is C22H22N2O4. The lowest BCUT2D eigenvalue weighted by atomic mass is 9.98. The summed E-state index contributed by atoms with van der Waals surface area (Å²) in [7, 11) is 1.57. The van der Waals surface area contributed by atoms with E-state index in [1.54, 1.807) is 7.05 Å². The van der Waals surface area contributed by atoms with Gasteiger partial charge in [-0.25, -0.2) is 0 Å². The van der Waals surface area contributed by atoms with Gasteiger partial charge in [-0.05, 0) is 40.5 Å². The predicted molar refractivity (Wildman–Crippen MR) is 107 cm³/mol. The fourth-order valence-corrected chi connectivity index (χ4v) is 3.44. The third-order valence-electron chi connectivity index (χ3n) is 4.89. The molecule has 2 amide bonds. The van der Waals surface area contributed by atoms with Crippen molar-refractivity contribution in [3.8, 4) is 11.1 Å². The summed E-state index contributed by atoms with van der Waals surface area (Å²) in [5.41, 5.74) is 4.92. The number of benzene rings is 2. The van der Waals surface area contributed by atoms with Crippen molar-refractivity contribution in [1.29, 1.82) is 0 Å². The van der Waals surface area contributed by atoms with Crippen LogP contribution < -0.4 is 5.32 Å². The Morgan fingerprint density at radius 3 is 2.64 bits per heavy atom. The summed E-state index contributed by atoms with van der Waals surface area (Å²) in [6, 6.07) is 13.7. The van der Waals surface area contributed by atoms with Crippen LogP contribution in [0.25, 0.3) is 11.1 Å². The minimum Gasteiger partial charge on any atom is -0.395 e. The quantitative estimate of drug-likeness (QED) is 0.572. The molecule has 0 aromatic heterocycles. The number of carbonyl (C=O) groups excluding carboxylic acids is 3. The average Bonchev–Trinajstić information content (AvgIpc) is 3.03. The van der Waals surface area contributed by atoms with Gasteiger partial charge in [-0.15, -0.1) is 0 Å². The molecule has 1 aliphatic carbocycles. The summed E-state index contributed by atoms with van der Waals surface area (Å²) < 4.78 is 0. The van der Waals surface area contributed by atoms with Crippen molar-refractivity contribution >= 4 is 23.8 Å². The first-order chi connectivity index (χ1) is 13.5. The lowest BCUT2D eigenvalue weighted by molar-refractivity contribution is -0.125. The summed E-state index contributed by atoms with van der Waals surface area (Å²) in [5, 5.41) is 12.7. The highest BCUT2D eigenvalue weighted by Gasteiger charge is 2.28. The minimum atomic E-state index is -0.332. The van der Waals surface area contributed by atoms with Crippen molar-refractivity contribution in [2.45, 2.75) is 12.3 Å². The minimum absolute atomic E-state index is 0.00260. The average molecular weight is 378 g/mol. The Labute approximate surface area is 163 Å². The molecule has 144 valence electrons. The second-order valence-corrected chi connectivity index (χ2v) is 6.68. The van der Waals surface area contributed by atoms with E-state index in [2.05, 4.69) is 5.32 Å². The number of nitrogens with one attached hydrogen (secondary N) is 1. The smallest absolute Gasteiger partial charge is 0.246 e. The van der Waals surface area contributed by atoms with Crippen LogP contribution >= 0.6 is 0 Å². The van der Waals surface area contributed by atoms with Gasteiger partial charge in [0.1, 0.15) is 6.29 Å². The highest BCUT2D eigenvalue weighted by atomic mass is 16.3. The molecule has 0 spiro atoms. The van der Waals surface area contributed by atoms with Gasteiger partial charge in [-0.2, -0.15) is 0 Å². The lowest BCUT2D eigenvalue weighted by Gasteiger charge is -2.15. The first-order valence-corrected chi connectivity index (χ1v) is 9.06. The van der Waals surface area contributed by atoms with Gasteiger partial charge in [0.2, 0.25) is 11.8 Å². The molecule has 0 bridgehead atoms. The lowest BCUT2D eigenvalue weighted by Crippen LogP contribution is -2.28. The molecule has 6 nitrogen and oxygen atoms in total. The van der Waals surface area contributed by atoms with E-state index in [1.165, 1.54) is 4.90 Å². The fourth-order valence-electron chi connectivity index (χ4n) is 3.44. The van der Waals surface area contributed by atoms with Gasteiger partial charge in [0.15, 0.2) is 0 Å². The number of carbonyl (C=O) groups is 3. The van der Waals surface area contributed by atoms with E-state index in [1.807, 2.05) is 42.5 Å². The van der Waals surface area contributed by atoms with Crippen LogP contribution in [0.4, 0.5) is 5.69 Å². The molecule has 1 aliphatic rings. The number of aldehydes is 1. The van der Waals surface area contributed by atoms with Crippen molar-refractivity contribution < 1.29 is 19.5 Å². The molecule has 28 heavy (non-hydrogen) atoms. The maximum atomic E-state index is 12.3. The van der Waals surface area contributed by atoms with E-state index in [0.29, 0.717) is 12.0 Å². The zero-order chi connectivity index (χ0) is 20.1. The van der Waals surface area contributed by atoms with E-state index >= 15 is 0 Å². The number of anilines is 1. The molecule has 1 unspecified atom stereocenters. The third kappa shape index (κ3) is 4.02. The zero-order valence-electron chi connectivity index (χ0n) is 15.6. The van der Waals surface area contributed by atoms with Crippen LogP contribution in [-0.2, 0) is 14.4 Å². The van der Waals surface area contributed by atoms with Crippen molar-refractivity contribution in [3.63, 3.8) is 0 Å². The van der Waals surface area contributed by atoms with Crippen LogP contribution in [0.5, 0.6) is 0 Å². The number of aliphatic hydroxyl groups excluding tert-OH is 1. The molecule has 2 aromatic rings. The molecule has 0 fully saturated rings. The topological polar surface area (TPSA) is 86.7 Å². The number of rotatable bonds is 7. The fraction of sp³-hybridized carbons (Fsp3) is 0.227. The van der Waals surface area contributed by atoms with Gasteiger partial charge in [-0.1, -0.05) is 30.3 Å². The number of allylic oxidation sites excluding steroid dienone is 1. The Balaban J connectivity index is 1.66. The standard InChI is InChI=1S/C22H22N2O4/c1-24(22(28)7-4-12-25)11-10-21(27)23-15-8-9-18-16-5-2-3-6-17(16)20(14-26)19(18)13-15/h2-9,12-13,20,26H,10-11,14H2,1H3,(H,23,27)/b7-4-. The zero-order valence-corrected chi connectivity index (χ0v) is 15.6. The second kappa shape index (κ2) is 8.63. The molecule has 0 saturated carbocycles. The van der Waals surface area contributed by atoms with Crippen molar-refractivity contribution in [2.75, 3.05) is 25.5 Å². The van der Waals surface area contributed by atoms with Crippen LogP contribution in [0, 0.1) is 0 Å². The number of likely N-dealkylation sites (N-methyl/N-ethyl adjacent to an activating group) is 1. The van der Waals surface area contributed by atoms with Crippen LogP contribution in [0.15, 0.2) is 54.6 Å². The molecule has 0 heterocycles. The summed E-state index contributed by atoms with van der Waals surface area (Å²) in [6.45, 7) is 0.242. The number of aliphatic hydroxyl groups is 1. The van der Waals surface area contributed by atoms with Crippen LogP contribution in [0.1, 0.15) is 23.5 Å². The predicted octanol–water partition coefficient (Wildman–Crippen LogP) is 2.33. The molecule has 6 heteroatoms. The van der Waals surface area contributed by atoms with Gasteiger partial charge >= 0.3 is 0 Å². The number of amides is 2. The van der Waals surface area contributed by atoms with Gasteiger partial charge in [0.05, 0.1) is 6.61 Å². The largest absolute Gasteiger partial charge is 0.395 e. The molecule has 0 aliphatic heterocycles. The van der Waals surface area contributed by atoms with Crippen LogP contribution in [0.2, 0.25) is 0 Å². The van der Waals surface area contributed by atoms with E-state index in [4.69, 9.17) is 0 Å². The third-order valence-corrected chi connectivity index (χ3v) is 4.89. The maximum Gasteiger partial charge on any atom is 0.246 e. The molecule has 0 saturated heterocycles. The Morgan fingerprint density at radius 2 is 1.89 bits per heavy atom. The van der Waals surface area contributed by atoms with E-state index in [9.17, 15) is 19.5 Å². The van der Waals surface area contributed by atoms with E-state index < -0.39 is 0 Å². The molecule has 3 rings (SSSR count). The van der Waals surface area contributed by atoms with Crippen LogP contribution in [0.3, 0.4) is 0 Å². The number of hydrogen-bond acceptors (Lipinski definition) is 4. The first-order valence-electron chi connectivity index (χ1n) is 9.06. The van der Waals surface area contributed by atoms with Gasteiger partial charge in [0.25, 0.3) is 0 Å². The Hall–Kier alpha value is -3.25. The Kier molecular flexibility index (Phi) is 6.01. The molecule has 0 radical (unpaired) electrons. The van der Waals surface area contributed by atoms with Gasteiger partial charge in [0, 0.05) is 37.7 Å². The summed E-state index contributed by atoms with van der Waals surface area (Å²) in [4.78, 5) is 35.6. The van der Waals surface area contributed by atoms with Crippen molar-refractivity contribution in [1.82, 2.24) is 4.90 Å². The van der Waals surface area contributed by atoms with Crippen LogP contribution in [-0.4, -0.2) is 48.3 Å². The molecule has 1 atom stereocenters. The van der Waals surface area contributed by atoms with Crippen molar-refractivity contribution in [3.05, 3.63) is 65.7 Å². The van der Waals surface area contributed by atoms with Crippen molar-refractivity contribution in [2.24, 2.45) is 0 Å². The Morgan fingerprint density at radius 1 is 1.14 bits per heavy atom. The Bertz CT molecular complexity index is 936. The maximum absolute atomic E-state index is 12.3. The first kappa shape index (κ1) is 19.5. The summed E-state index contributed by atoms with van der Waals surface area (Å²) in [6.07, 6.45) is 2.96. The number of fused-ring (bicyclic) bond motifs is 3. The van der Waals surface area contributed by atoms with E-state index in [-0.39, 0.29) is 37.3 Å². The highest BCUT2D eigenvalue weighted by molar-refractivity contribution is 5.93. The number of nitrogens with zero attached hydrogens (tertiary/aromatic N) is 1. The van der Waals surface area contributed by atoms with Gasteiger partial charge < -0.3 is 15.3 Å². The monoisotopic (exact) mass is 378 g/mol. The molecular weight excluding hydrogens is 356 g/mol. The second-order valence-electron chi connectivity index (χ2n) is 6.68. The molecule has 2 N–H and O–H groups in total. The summed E-state index contributed by atoms with van der Waals surface area (Å²) in [5.74, 6) is -0.646. The SMILES string of the molecule is CN(CCC(=O)Nc1ccc2c(c1)C(CO)c1ccccc1-2)C(=O)/C=C\C=O. The van der Waals surface area contributed by atoms with E-state index in [0.717, 1.165) is 34.4 Å². The normalized spacial score (nSPS) is 14.4. The molecule has 2 aromatic carbocycles. The number of hydrogen-bond donors (Lipinski definition) is 2. The highest BCUT2D eigenvalue weighted by Crippen LogP contribution is 2.45.